The van der Waals surface area contributed by atoms with E-state index in [1.54, 1.807) is 12.1 Å². The number of nitrogens with one attached hydrogen (secondary N) is 1. The molecule has 1 N–H and O–H groups in total. The summed E-state index contributed by atoms with van der Waals surface area (Å²) >= 11 is 0. The van der Waals surface area contributed by atoms with Gasteiger partial charge in [-0.2, -0.15) is 0 Å². The van der Waals surface area contributed by atoms with Crippen molar-refractivity contribution < 1.29 is 8.42 Å². The van der Waals surface area contributed by atoms with Crippen LogP contribution in [0.15, 0.2) is 34.0 Å². The Morgan fingerprint density at radius 2 is 1.95 bits per heavy atom. The Bertz CT molecular complexity index is 1010. The fourth-order valence-corrected chi connectivity index (χ4v) is 3.09. The highest BCUT2D eigenvalue weighted by atomic mass is 32.2. The van der Waals surface area contributed by atoms with Gasteiger partial charge in [0.05, 0.1) is 15.8 Å². The third-order valence-corrected chi connectivity index (χ3v) is 5.09. The molecule has 0 fully saturated rings. The Kier molecular flexibility index (Phi) is 2.89. The van der Waals surface area contributed by atoms with Crippen LogP contribution in [0.4, 0.5) is 0 Å². The lowest BCUT2D eigenvalue weighted by atomic mass is 10.2. The average Bonchev–Trinajstić information content (AvgIpc) is 2.79. The molecule has 2 heterocycles. The summed E-state index contributed by atoms with van der Waals surface area (Å²) in [7, 11) is -0.693. The number of benzene rings is 1. The molecule has 3 rings (SSSR count). The minimum atomic E-state index is -3.59. The number of hydrogen-bond acceptors (Lipinski definition) is 4. The van der Waals surface area contributed by atoms with E-state index in [2.05, 4.69) is 10.1 Å². The normalized spacial score (nSPS) is 12.6. The standard InChI is InChI=1S/C13H14N4O3S/c1-8-6-12-14-11-5-4-9(21(19,20)16(2)3)7-10(11)13(18)17(12)15-8/h4-7,15H,1-3H3. The molecule has 3 aromatic rings. The van der Waals surface area contributed by atoms with Crippen LogP contribution < -0.4 is 5.56 Å². The zero-order valence-corrected chi connectivity index (χ0v) is 12.6. The lowest BCUT2D eigenvalue weighted by Gasteiger charge is -2.11. The molecular weight excluding hydrogens is 292 g/mol. The number of aryl methyl sites for hydroxylation is 1. The van der Waals surface area contributed by atoms with Gasteiger partial charge in [0.2, 0.25) is 10.0 Å². The molecule has 1 aromatic carbocycles. The summed E-state index contributed by atoms with van der Waals surface area (Å²) in [5.74, 6) is 0. The second-order valence-corrected chi connectivity index (χ2v) is 7.17. The van der Waals surface area contributed by atoms with Crippen molar-refractivity contribution in [1.82, 2.24) is 18.9 Å². The molecule has 0 bridgehead atoms. The van der Waals surface area contributed by atoms with E-state index in [9.17, 15) is 13.2 Å². The first-order valence-electron chi connectivity index (χ1n) is 6.25. The van der Waals surface area contributed by atoms with Crippen molar-refractivity contribution in [3.63, 3.8) is 0 Å². The summed E-state index contributed by atoms with van der Waals surface area (Å²) in [6.07, 6.45) is 0. The molecule has 0 aliphatic heterocycles. The lowest BCUT2D eigenvalue weighted by molar-refractivity contribution is 0.521. The number of hydrogen-bond donors (Lipinski definition) is 1. The van der Waals surface area contributed by atoms with Gasteiger partial charge in [-0.15, -0.1) is 0 Å². The van der Waals surface area contributed by atoms with Gasteiger partial charge in [0.25, 0.3) is 5.56 Å². The third-order valence-electron chi connectivity index (χ3n) is 3.28. The maximum Gasteiger partial charge on any atom is 0.280 e. The van der Waals surface area contributed by atoms with Crippen molar-refractivity contribution >= 4 is 26.6 Å². The molecule has 0 radical (unpaired) electrons. The molecule has 0 aliphatic rings. The minimum Gasteiger partial charge on any atom is -0.294 e. The van der Waals surface area contributed by atoms with Gasteiger partial charge in [-0.05, 0) is 25.1 Å². The van der Waals surface area contributed by atoms with Crippen molar-refractivity contribution in [3.8, 4) is 0 Å². The largest absolute Gasteiger partial charge is 0.294 e. The predicted molar refractivity (Wildman–Crippen MR) is 78.9 cm³/mol. The Morgan fingerprint density at radius 3 is 2.62 bits per heavy atom. The van der Waals surface area contributed by atoms with E-state index in [4.69, 9.17) is 0 Å². The summed E-state index contributed by atoms with van der Waals surface area (Å²) in [6.45, 7) is 1.82. The number of rotatable bonds is 2. The van der Waals surface area contributed by atoms with Crippen LogP contribution in [0.3, 0.4) is 0 Å². The summed E-state index contributed by atoms with van der Waals surface area (Å²) < 4.78 is 26.7. The smallest absolute Gasteiger partial charge is 0.280 e. The maximum atomic E-state index is 12.4. The number of fused-ring (bicyclic) bond motifs is 2. The highest BCUT2D eigenvalue weighted by Crippen LogP contribution is 2.18. The van der Waals surface area contributed by atoms with E-state index < -0.39 is 10.0 Å². The maximum absolute atomic E-state index is 12.4. The van der Waals surface area contributed by atoms with Gasteiger partial charge >= 0.3 is 0 Å². The fourth-order valence-electron chi connectivity index (χ4n) is 2.16. The molecule has 0 amide bonds. The molecule has 110 valence electrons. The van der Waals surface area contributed by atoms with Crippen molar-refractivity contribution in [2.75, 3.05) is 14.1 Å². The quantitative estimate of drug-likeness (QED) is 0.756. The Labute approximate surface area is 120 Å². The molecular formula is C13H14N4O3S. The van der Waals surface area contributed by atoms with Crippen LogP contribution in [-0.2, 0) is 10.0 Å². The highest BCUT2D eigenvalue weighted by Gasteiger charge is 2.19. The molecule has 0 atom stereocenters. The number of aromatic nitrogens is 3. The third kappa shape index (κ3) is 2.03. The van der Waals surface area contributed by atoms with Crippen LogP contribution in [0, 0.1) is 6.92 Å². The molecule has 0 unspecified atom stereocenters. The molecule has 0 saturated heterocycles. The highest BCUT2D eigenvalue weighted by molar-refractivity contribution is 7.89. The molecule has 0 saturated carbocycles. The van der Waals surface area contributed by atoms with E-state index in [1.165, 1.54) is 30.7 Å². The second kappa shape index (κ2) is 4.40. The zero-order valence-electron chi connectivity index (χ0n) is 11.8. The minimum absolute atomic E-state index is 0.0714. The number of aromatic amines is 1. The van der Waals surface area contributed by atoms with Crippen molar-refractivity contribution in [1.29, 1.82) is 0 Å². The van der Waals surface area contributed by atoms with Gasteiger partial charge in [-0.1, -0.05) is 0 Å². The van der Waals surface area contributed by atoms with Crippen molar-refractivity contribution in [2.24, 2.45) is 0 Å². The predicted octanol–water partition coefficient (Wildman–Crippen LogP) is 0.735. The zero-order chi connectivity index (χ0) is 15.4. The van der Waals surface area contributed by atoms with Crippen LogP contribution >= 0.6 is 0 Å². The summed E-state index contributed by atoms with van der Waals surface area (Å²) in [5, 5.41) is 3.14. The van der Waals surface area contributed by atoms with Crippen LogP contribution in [0.5, 0.6) is 0 Å². The number of nitrogens with zero attached hydrogens (tertiary/aromatic N) is 3. The van der Waals surface area contributed by atoms with Crippen LogP contribution in [0.25, 0.3) is 16.6 Å². The molecule has 0 aliphatic carbocycles. The van der Waals surface area contributed by atoms with Gasteiger partial charge in [-0.3, -0.25) is 9.89 Å². The van der Waals surface area contributed by atoms with Gasteiger partial charge in [0.1, 0.15) is 0 Å². The van der Waals surface area contributed by atoms with E-state index in [0.717, 1.165) is 10.00 Å². The van der Waals surface area contributed by atoms with E-state index in [-0.39, 0.29) is 15.8 Å². The molecule has 7 nitrogen and oxygen atoms in total. The summed E-state index contributed by atoms with van der Waals surface area (Å²) in [6, 6.07) is 6.13. The Hall–Kier alpha value is -2.19. The summed E-state index contributed by atoms with van der Waals surface area (Å²) in [4.78, 5) is 16.9. The van der Waals surface area contributed by atoms with E-state index in [0.29, 0.717) is 11.2 Å². The van der Waals surface area contributed by atoms with Crippen LogP contribution in [0.2, 0.25) is 0 Å². The molecule has 0 spiro atoms. The second-order valence-electron chi connectivity index (χ2n) is 5.02. The van der Waals surface area contributed by atoms with Crippen molar-refractivity contribution in [3.05, 3.63) is 40.3 Å². The Morgan fingerprint density at radius 1 is 1.24 bits per heavy atom. The first-order chi connectivity index (χ1) is 9.80. The van der Waals surface area contributed by atoms with Gasteiger partial charge < -0.3 is 0 Å². The van der Waals surface area contributed by atoms with Crippen LogP contribution in [-0.4, -0.2) is 41.4 Å². The monoisotopic (exact) mass is 306 g/mol. The van der Waals surface area contributed by atoms with Crippen LogP contribution in [0.1, 0.15) is 5.69 Å². The average molecular weight is 306 g/mol. The first-order valence-corrected chi connectivity index (χ1v) is 7.69. The fraction of sp³-hybridized carbons (Fsp3) is 0.231. The van der Waals surface area contributed by atoms with E-state index >= 15 is 0 Å². The van der Waals surface area contributed by atoms with Gasteiger partial charge in [0, 0.05) is 25.9 Å². The van der Waals surface area contributed by atoms with Crippen molar-refractivity contribution in [2.45, 2.75) is 11.8 Å². The molecule has 21 heavy (non-hydrogen) atoms. The Balaban J connectivity index is 2.39. The topological polar surface area (TPSA) is 87.5 Å². The molecule has 8 heteroatoms. The first kappa shape index (κ1) is 13.8. The van der Waals surface area contributed by atoms with Gasteiger partial charge in [-0.25, -0.2) is 22.2 Å². The van der Waals surface area contributed by atoms with Gasteiger partial charge in [0.15, 0.2) is 5.65 Å². The lowest BCUT2D eigenvalue weighted by Crippen LogP contribution is -2.23. The number of sulfonamides is 1. The summed E-state index contributed by atoms with van der Waals surface area (Å²) in [5.41, 5.74) is 1.46. The number of H-pyrrole nitrogens is 1. The van der Waals surface area contributed by atoms with E-state index in [1.807, 2.05) is 6.92 Å². The SMILES string of the molecule is Cc1cc2nc3ccc(S(=O)(=O)N(C)C)cc3c(=O)n2[nH]1. The molecule has 2 aromatic heterocycles.